The summed E-state index contributed by atoms with van der Waals surface area (Å²) in [5.41, 5.74) is 4.56. The summed E-state index contributed by atoms with van der Waals surface area (Å²) in [5.74, 6) is 0. The van der Waals surface area contributed by atoms with Crippen molar-refractivity contribution in [2.45, 2.75) is 6.42 Å². The molecule has 0 heterocycles. The van der Waals surface area contributed by atoms with Gasteiger partial charge in [0.2, 0.25) is 0 Å². The fraction of sp³-hybridized carbons (Fsp3) is 0.200. The second-order valence-electron chi connectivity index (χ2n) is 4.51. The molecule has 0 N–H and O–H groups in total. The van der Waals surface area contributed by atoms with Gasteiger partial charge in [-0.2, -0.15) is 0 Å². The number of hydrogen-bond acceptors (Lipinski definition) is 3. The predicted molar refractivity (Wildman–Crippen MR) is 75.9 cm³/mol. The molecule has 0 bridgehead atoms. The molecule has 0 saturated carbocycles. The Bertz CT molecular complexity index is 671. The van der Waals surface area contributed by atoms with Crippen LogP contribution in [0.25, 0.3) is 11.1 Å². The average molecular weight is 274 g/mol. The van der Waals surface area contributed by atoms with Crippen LogP contribution < -0.4 is 5.30 Å². The van der Waals surface area contributed by atoms with Gasteiger partial charge in [0.15, 0.2) is 0 Å². The Labute approximate surface area is 112 Å². The van der Waals surface area contributed by atoms with Crippen molar-refractivity contribution in [3.05, 3.63) is 53.6 Å². The smallest absolute Gasteiger partial charge is 0.309 e. The zero-order valence-electron chi connectivity index (χ0n) is 10.9. The van der Waals surface area contributed by atoms with E-state index in [0.717, 1.165) is 17.5 Å². The molecule has 0 saturated heterocycles. The summed E-state index contributed by atoms with van der Waals surface area (Å²) < 4.78 is 23.0. The van der Waals surface area contributed by atoms with Gasteiger partial charge in [-0.1, -0.05) is 36.4 Å². The molecule has 0 radical (unpaired) electrons. The maximum absolute atomic E-state index is 12.7. The average Bonchev–Trinajstić information content (AvgIpc) is 2.84. The lowest BCUT2D eigenvalue weighted by atomic mass is 10.1. The van der Waals surface area contributed by atoms with Crippen molar-refractivity contribution in [2.24, 2.45) is 0 Å². The molecule has 0 aliphatic heterocycles. The van der Waals surface area contributed by atoms with Crippen LogP contribution in [0.15, 0.2) is 42.5 Å². The molecule has 0 spiro atoms. The second-order valence-corrected chi connectivity index (χ2v) is 6.71. The summed E-state index contributed by atoms with van der Waals surface area (Å²) in [4.78, 5) is 0. The minimum Gasteiger partial charge on any atom is -0.309 e. The SMILES string of the molecule is COP(=O)(OC)c1cccc2c1-c1ccccc1C2. The quantitative estimate of drug-likeness (QED) is 0.687. The van der Waals surface area contributed by atoms with Gasteiger partial charge in [0, 0.05) is 19.8 Å². The van der Waals surface area contributed by atoms with Gasteiger partial charge < -0.3 is 9.05 Å². The molecule has 4 heteroatoms. The van der Waals surface area contributed by atoms with Gasteiger partial charge in [-0.15, -0.1) is 0 Å². The van der Waals surface area contributed by atoms with Crippen LogP contribution in [-0.2, 0) is 20.0 Å². The van der Waals surface area contributed by atoms with Gasteiger partial charge in [-0.05, 0) is 29.2 Å². The van der Waals surface area contributed by atoms with Crippen molar-refractivity contribution in [2.75, 3.05) is 14.2 Å². The lowest BCUT2D eigenvalue weighted by molar-refractivity contribution is 0.287. The standard InChI is InChI=1S/C15H15O3P/c1-17-19(16,18-2)14-9-5-7-12-10-11-6-3-4-8-13(11)15(12)14/h3-9H,10H2,1-2H3. The Morgan fingerprint density at radius 3 is 2.37 bits per heavy atom. The first-order chi connectivity index (χ1) is 9.19. The normalized spacial score (nSPS) is 13.2. The van der Waals surface area contributed by atoms with Crippen molar-refractivity contribution in [3.8, 4) is 11.1 Å². The second kappa shape index (κ2) is 4.61. The topological polar surface area (TPSA) is 35.5 Å². The first-order valence-corrected chi connectivity index (χ1v) is 7.66. The van der Waals surface area contributed by atoms with E-state index in [9.17, 15) is 4.57 Å². The molecule has 1 aliphatic rings. The first kappa shape index (κ1) is 12.6. The Balaban J connectivity index is 2.28. The van der Waals surface area contributed by atoms with E-state index >= 15 is 0 Å². The van der Waals surface area contributed by atoms with Gasteiger partial charge in [-0.25, -0.2) is 0 Å². The van der Waals surface area contributed by atoms with E-state index in [1.54, 1.807) is 0 Å². The zero-order valence-corrected chi connectivity index (χ0v) is 11.8. The van der Waals surface area contributed by atoms with Gasteiger partial charge >= 0.3 is 7.60 Å². The molecule has 3 rings (SSSR count). The van der Waals surface area contributed by atoms with Gasteiger partial charge in [0.25, 0.3) is 0 Å². The molecular weight excluding hydrogens is 259 g/mol. The number of benzene rings is 2. The van der Waals surface area contributed by atoms with Gasteiger partial charge in [0.05, 0.1) is 5.30 Å². The number of fused-ring (bicyclic) bond motifs is 3. The van der Waals surface area contributed by atoms with Crippen molar-refractivity contribution in [1.29, 1.82) is 0 Å². The van der Waals surface area contributed by atoms with Crippen LogP contribution in [0.2, 0.25) is 0 Å². The van der Waals surface area contributed by atoms with Crippen molar-refractivity contribution < 1.29 is 13.6 Å². The molecule has 0 amide bonds. The van der Waals surface area contributed by atoms with Crippen molar-refractivity contribution in [3.63, 3.8) is 0 Å². The molecule has 0 aromatic heterocycles. The summed E-state index contributed by atoms with van der Waals surface area (Å²) >= 11 is 0. The summed E-state index contributed by atoms with van der Waals surface area (Å²) in [5, 5.41) is 0.653. The minimum absolute atomic E-state index is 0.653. The van der Waals surface area contributed by atoms with E-state index < -0.39 is 7.60 Å². The van der Waals surface area contributed by atoms with E-state index in [1.807, 2.05) is 24.3 Å². The molecule has 1 aliphatic carbocycles. The summed E-state index contributed by atoms with van der Waals surface area (Å²) in [6.07, 6.45) is 0.868. The van der Waals surface area contributed by atoms with Crippen LogP contribution in [-0.4, -0.2) is 14.2 Å². The molecule has 3 nitrogen and oxygen atoms in total. The number of rotatable bonds is 3. The van der Waals surface area contributed by atoms with E-state index in [4.69, 9.17) is 9.05 Å². The molecular formula is C15H15O3P. The Morgan fingerprint density at radius 1 is 0.947 bits per heavy atom. The van der Waals surface area contributed by atoms with E-state index in [-0.39, 0.29) is 0 Å². The lowest BCUT2D eigenvalue weighted by Gasteiger charge is -2.17. The Morgan fingerprint density at radius 2 is 1.63 bits per heavy atom. The molecule has 0 fully saturated rings. The molecule has 2 aromatic carbocycles. The van der Waals surface area contributed by atoms with Gasteiger partial charge in [-0.3, -0.25) is 4.57 Å². The number of hydrogen-bond donors (Lipinski definition) is 0. The fourth-order valence-electron chi connectivity index (χ4n) is 2.67. The Kier molecular flexibility index (Phi) is 3.06. The monoisotopic (exact) mass is 274 g/mol. The van der Waals surface area contributed by atoms with Crippen LogP contribution in [0.3, 0.4) is 0 Å². The molecule has 0 unspecified atom stereocenters. The third kappa shape index (κ3) is 1.86. The molecule has 0 atom stereocenters. The van der Waals surface area contributed by atoms with E-state index in [0.29, 0.717) is 5.30 Å². The third-order valence-corrected chi connectivity index (χ3v) is 5.50. The highest BCUT2D eigenvalue weighted by Crippen LogP contribution is 2.50. The minimum atomic E-state index is -3.23. The lowest BCUT2D eigenvalue weighted by Crippen LogP contribution is -2.11. The first-order valence-electron chi connectivity index (χ1n) is 6.12. The van der Waals surface area contributed by atoms with Gasteiger partial charge in [0.1, 0.15) is 0 Å². The summed E-state index contributed by atoms with van der Waals surface area (Å²) in [6, 6.07) is 14.0. The van der Waals surface area contributed by atoms with Crippen molar-refractivity contribution in [1.82, 2.24) is 0 Å². The highest BCUT2D eigenvalue weighted by molar-refractivity contribution is 7.62. The molecule has 2 aromatic rings. The van der Waals surface area contributed by atoms with Crippen LogP contribution in [0, 0.1) is 0 Å². The summed E-state index contributed by atoms with van der Waals surface area (Å²) in [6.45, 7) is 0. The predicted octanol–water partition coefficient (Wildman–Crippen LogP) is 3.37. The molecule has 98 valence electrons. The van der Waals surface area contributed by atoms with E-state index in [1.165, 1.54) is 25.3 Å². The molecule has 19 heavy (non-hydrogen) atoms. The zero-order chi connectivity index (χ0) is 13.5. The van der Waals surface area contributed by atoms with Crippen molar-refractivity contribution >= 4 is 12.9 Å². The maximum Gasteiger partial charge on any atom is 0.361 e. The Hall–Kier alpha value is -1.41. The van der Waals surface area contributed by atoms with Crippen LogP contribution in [0.1, 0.15) is 11.1 Å². The van der Waals surface area contributed by atoms with Crippen LogP contribution >= 0.6 is 7.60 Å². The maximum atomic E-state index is 12.7. The van der Waals surface area contributed by atoms with Crippen LogP contribution in [0.5, 0.6) is 0 Å². The summed E-state index contributed by atoms with van der Waals surface area (Å²) in [7, 11) is -0.388. The highest BCUT2D eigenvalue weighted by Gasteiger charge is 2.32. The third-order valence-electron chi connectivity index (χ3n) is 3.57. The highest BCUT2D eigenvalue weighted by atomic mass is 31.2. The largest absolute Gasteiger partial charge is 0.361 e. The van der Waals surface area contributed by atoms with Crippen LogP contribution in [0.4, 0.5) is 0 Å². The van der Waals surface area contributed by atoms with E-state index in [2.05, 4.69) is 18.2 Å². The fourth-order valence-corrected chi connectivity index (χ4v) is 4.02.